The van der Waals surface area contributed by atoms with E-state index in [0.29, 0.717) is 30.2 Å². The lowest BCUT2D eigenvalue weighted by Gasteiger charge is -2.19. The molecule has 2 aliphatic rings. The van der Waals surface area contributed by atoms with Crippen LogP contribution in [0.25, 0.3) is 34.0 Å². The summed E-state index contributed by atoms with van der Waals surface area (Å²) in [7, 11) is 0. The summed E-state index contributed by atoms with van der Waals surface area (Å²) in [6, 6.07) is 15.8. The fraction of sp³-hybridized carbons (Fsp3) is 0.222. The monoisotopic (exact) mass is 486 g/mol. The first-order valence-electron chi connectivity index (χ1n) is 11.5. The van der Waals surface area contributed by atoms with E-state index in [9.17, 15) is 8.78 Å². The summed E-state index contributed by atoms with van der Waals surface area (Å²) in [6.07, 6.45) is 3.23. The first-order valence-corrected chi connectivity index (χ1v) is 11.5. The highest BCUT2D eigenvalue weighted by Gasteiger charge is 2.18. The van der Waals surface area contributed by atoms with Crippen LogP contribution < -0.4 is 0 Å². The maximum Gasteiger partial charge on any atom is 0.169 e. The molecule has 3 heterocycles. The summed E-state index contributed by atoms with van der Waals surface area (Å²) < 4.78 is 35.2. The summed E-state index contributed by atoms with van der Waals surface area (Å²) in [6.45, 7) is 7.01. The van der Waals surface area contributed by atoms with Gasteiger partial charge < -0.3 is 4.74 Å². The van der Waals surface area contributed by atoms with Gasteiger partial charge in [-0.2, -0.15) is 15.3 Å². The second kappa shape index (κ2) is 9.50. The number of imidazole rings is 1. The molecule has 2 aromatic carbocycles. The van der Waals surface area contributed by atoms with Gasteiger partial charge in [-0.1, -0.05) is 30.3 Å². The van der Waals surface area contributed by atoms with Crippen molar-refractivity contribution in [2.45, 2.75) is 39.5 Å². The highest BCUT2D eigenvalue weighted by molar-refractivity contribution is 5.65. The van der Waals surface area contributed by atoms with Crippen LogP contribution in [0.1, 0.15) is 32.0 Å². The number of fused-ring (bicyclic) bond motifs is 1. The quantitative estimate of drug-likeness (QED) is 0.313. The molecule has 0 amide bonds. The van der Waals surface area contributed by atoms with Gasteiger partial charge in [0.25, 0.3) is 0 Å². The van der Waals surface area contributed by atoms with Crippen molar-refractivity contribution in [3.8, 4) is 34.0 Å². The van der Waals surface area contributed by atoms with Gasteiger partial charge in [-0.15, -0.1) is 0 Å². The first-order chi connectivity index (χ1) is 17.2. The van der Waals surface area contributed by atoms with E-state index in [-0.39, 0.29) is 17.0 Å². The first kappa shape index (κ1) is 23.6. The van der Waals surface area contributed by atoms with Crippen LogP contribution in [0.3, 0.4) is 0 Å². The number of halogens is 2. The number of nitrogens with zero attached hydrogens (tertiary/aromatic N) is 6. The SMILES string of the molecule is CC(C)(C)OCc1ccc(-c2ccc(Cn3cc4nc(-c5cccc(F)c5F)nc-4cn3)nn2)cc1. The average molecular weight is 487 g/mol. The molecule has 0 unspecified atom stereocenters. The molecule has 0 aliphatic carbocycles. The number of ether oxygens (including phenoxy) is 1. The molecule has 1 aromatic heterocycles. The van der Waals surface area contributed by atoms with E-state index < -0.39 is 11.6 Å². The zero-order valence-electron chi connectivity index (χ0n) is 20.1. The molecule has 7 nitrogen and oxygen atoms in total. The zero-order valence-corrected chi connectivity index (χ0v) is 20.1. The Bertz CT molecular complexity index is 1460. The Hall–Kier alpha value is -4.11. The average Bonchev–Trinajstić information content (AvgIpc) is 3.28. The van der Waals surface area contributed by atoms with Crippen LogP contribution in [0.4, 0.5) is 8.78 Å². The van der Waals surface area contributed by atoms with Gasteiger partial charge in [-0.05, 0) is 50.6 Å². The van der Waals surface area contributed by atoms with Crippen molar-refractivity contribution in [3.63, 3.8) is 0 Å². The number of benzene rings is 2. The van der Waals surface area contributed by atoms with Crippen molar-refractivity contribution in [1.82, 2.24) is 29.9 Å². The maximum absolute atomic E-state index is 14.1. The Labute approximate surface area is 207 Å². The largest absolute Gasteiger partial charge is 0.371 e. The molecule has 0 radical (unpaired) electrons. The molecule has 36 heavy (non-hydrogen) atoms. The van der Waals surface area contributed by atoms with Gasteiger partial charge in [0, 0.05) is 5.56 Å². The van der Waals surface area contributed by atoms with Gasteiger partial charge in [-0.25, -0.2) is 18.7 Å². The minimum absolute atomic E-state index is 0.00830. The Morgan fingerprint density at radius 2 is 1.64 bits per heavy atom. The third kappa shape index (κ3) is 5.26. The summed E-state index contributed by atoms with van der Waals surface area (Å²) in [4.78, 5) is 8.63. The molecular weight excluding hydrogens is 462 g/mol. The molecule has 9 heteroatoms. The Kier molecular flexibility index (Phi) is 6.24. The molecule has 0 saturated heterocycles. The molecule has 0 spiro atoms. The molecule has 0 N–H and O–H groups in total. The van der Waals surface area contributed by atoms with E-state index in [1.807, 2.05) is 57.2 Å². The fourth-order valence-corrected chi connectivity index (χ4v) is 3.58. The van der Waals surface area contributed by atoms with Crippen molar-refractivity contribution < 1.29 is 13.5 Å². The smallest absolute Gasteiger partial charge is 0.169 e. The summed E-state index contributed by atoms with van der Waals surface area (Å²) >= 11 is 0. The standard InChI is InChI=1S/C27H24F2N6O/c1-27(2,3)36-16-17-7-9-18(10-8-17)22-12-11-19(33-34-22)14-35-15-24-23(13-30-35)31-26(32-24)20-5-4-6-21(28)25(20)29/h4-13,15H,14,16H2,1-3H3. The second-order valence-corrected chi connectivity index (χ2v) is 9.40. The van der Waals surface area contributed by atoms with Crippen LogP contribution in [-0.2, 0) is 17.9 Å². The fourth-order valence-electron chi connectivity index (χ4n) is 3.58. The zero-order chi connectivity index (χ0) is 25.3. The predicted octanol–water partition coefficient (Wildman–Crippen LogP) is 5.54. The Morgan fingerprint density at radius 1 is 0.861 bits per heavy atom. The van der Waals surface area contributed by atoms with Crippen molar-refractivity contribution in [1.29, 1.82) is 0 Å². The summed E-state index contributed by atoms with van der Waals surface area (Å²) in [5.74, 6) is -1.80. The van der Waals surface area contributed by atoms with Crippen molar-refractivity contribution >= 4 is 0 Å². The van der Waals surface area contributed by atoms with Crippen molar-refractivity contribution in [3.05, 3.63) is 89.9 Å². The van der Waals surface area contributed by atoms with E-state index in [2.05, 4.69) is 25.3 Å². The van der Waals surface area contributed by atoms with Crippen LogP contribution in [0.2, 0.25) is 0 Å². The molecule has 3 aromatic rings. The lowest BCUT2D eigenvalue weighted by molar-refractivity contribution is -0.0149. The van der Waals surface area contributed by atoms with E-state index in [1.165, 1.54) is 18.3 Å². The number of rotatable bonds is 6. The van der Waals surface area contributed by atoms with Gasteiger partial charge >= 0.3 is 0 Å². The highest BCUT2D eigenvalue weighted by Crippen LogP contribution is 2.27. The molecule has 182 valence electrons. The maximum atomic E-state index is 14.1. The number of hydrogen-bond acceptors (Lipinski definition) is 6. The van der Waals surface area contributed by atoms with Gasteiger partial charge in [0.1, 0.15) is 11.4 Å². The lowest BCUT2D eigenvalue weighted by Crippen LogP contribution is -2.18. The minimum Gasteiger partial charge on any atom is -0.371 e. The lowest BCUT2D eigenvalue weighted by atomic mass is 10.1. The second-order valence-electron chi connectivity index (χ2n) is 9.40. The predicted molar refractivity (Wildman–Crippen MR) is 131 cm³/mol. The van der Waals surface area contributed by atoms with E-state index >= 15 is 0 Å². The van der Waals surface area contributed by atoms with Crippen LogP contribution in [0, 0.1) is 11.6 Å². The third-order valence-corrected chi connectivity index (χ3v) is 5.47. The van der Waals surface area contributed by atoms with E-state index in [4.69, 9.17) is 4.74 Å². The molecule has 2 aliphatic heterocycles. The summed E-state index contributed by atoms with van der Waals surface area (Å²) in [5.41, 5.74) is 4.36. The van der Waals surface area contributed by atoms with Crippen LogP contribution in [0.15, 0.2) is 67.0 Å². The van der Waals surface area contributed by atoms with Crippen LogP contribution in [-0.4, -0.2) is 35.5 Å². The molecule has 5 rings (SSSR count). The Morgan fingerprint density at radius 3 is 2.36 bits per heavy atom. The Balaban J connectivity index is 1.29. The summed E-state index contributed by atoms with van der Waals surface area (Å²) in [5, 5.41) is 13.0. The molecule has 0 fully saturated rings. The van der Waals surface area contributed by atoms with Crippen LogP contribution >= 0.6 is 0 Å². The van der Waals surface area contributed by atoms with Gasteiger partial charge in [0.05, 0.1) is 48.1 Å². The van der Waals surface area contributed by atoms with E-state index in [0.717, 1.165) is 22.9 Å². The minimum atomic E-state index is -0.975. The normalized spacial score (nSPS) is 11.8. The van der Waals surface area contributed by atoms with Gasteiger partial charge in [0.15, 0.2) is 17.5 Å². The molecule has 0 saturated carbocycles. The molecule has 0 bridgehead atoms. The number of hydrogen-bond donors (Lipinski definition) is 0. The van der Waals surface area contributed by atoms with E-state index in [1.54, 1.807) is 10.9 Å². The van der Waals surface area contributed by atoms with Crippen molar-refractivity contribution in [2.75, 3.05) is 0 Å². The molecular formula is C27H24F2N6O. The topological polar surface area (TPSA) is 78.6 Å². The van der Waals surface area contributed by atoms with Gasteiger partial charge in [0.2, 0.25) is 0 Å². The van der Waals surface area contributed by atoms with Crippen LogP contribution in [0.5, 0.6) is 0 Å². The molecule has 0 atom stereocenters. The van der Waals surface area contributed by atoms with Gasteiger partial charge in [-0.3, -0.25) is 4.68 Å². The number of aromatic nitrogens is 6. The highest BCUT2D eigenvalue weighted by atomic mass is 19.2. The van der Waals surface area contributed by atoms with Crippen molar-refractivity contribution in [2.24, 2.45) is 0 Å². The third-order valence-electron chi connectivity index (χ3n) is 5.47.